The minimum absolute atomic E-state index is 0.0724. The molecule has 0 spiro atoms. The normalized spacial score (nSPS) is 15.2. The number of H-pyrrole nitrogens is 1. The smallest absolute Gasteiger partial charge is 0.407 e. The average Bonchev–Trinajstić information content (AvgIpc) is 3.40. The number of hydrogen-bond acceptors (Lipinski definition) is 4. The van der Waals surface area contributed by atoms with Crippen molar-refractivity contribution in [3.63, 3.8) is 0 Å². The lowest BCUT2D eigenvalue weighted by molar-refractivity contribution is 0.0763. The highest BCUT2D eigenvalue weighted by Crippen LogP contribution is 2.23. The summed E-state index contributed by atoms with van der Waals surface area (Å²) in [5.41, 5.74) is 1.77. The fraction of sp³-hybridized carbons (Fsp3) is 0.214. The number of fused-ring (bicyclic) bond motifs is 1. The molecule has 37 heavy (non-hydrogen) atoms. The van der Waals surface area contributed by atoms with Gasteiger partial charge in [0.05, 0.1) is 22.7 Å². The molecule has 1 aromatic heterocycles. The Morgan fingerprint density at radius 1 is 1.03 bits per heavy atom. The summed E-state index contributed by atoms with van der Waals surface area (Å²) in [7, 11) is 0. The maximum absolute atomic E-state index is 14.8. The molecule has 1 unspecified atom stereocenters. The first-order valence-electron chi connectivity index (χ1n) is 12.0. The van der Waals surface area contributed by atoms with Gasteiger partial charge in [-0.1, -0.05) is 54.6 Å². The number of aromatic amines is 1. The van der Waals surface area contributed by atoms with Crippen LogP contribution in [0, 0.1) is 5.82 Å². The quantitative estimate of drug-likeness (QED) is 0.416. The summed E-state index contributed by atoms with van der Waals surface area (Å²) < 4.78 is 14.8. The molecule has 188 valence electrons. The molecule has 4 aromatic rings. The highest BCUT2D eigenvalue weighted by Gasteiger charge is 2.34. The second-order valence-corrected chi connectivity index (χ2v) is 9.13. The number of nitrogens with one attached hydrogen (secondary N) is 1. The first-order valence-corrected chi connectivity index (χ1v) is 12.0. The summed E-state index contributed by atoms with van der Waals surface area (Å²) in [5, 5.41) is 17.6. The fourth-order valence-corrected chi connectivity index (χ4v) is 4.83. The van der Waals surface area contributed by atoms with Crippen LogP contribution in [0.3, 0.4) is 0 Å². The molecule has 0 radical (unpaired) electrons. The van der Waals surface area contributed by atoms with Crippen LogP contribution in [0.25, 0.3) is 10.8 Å². The van der Waals surface area contributed by atoms with Crippen LogP contribution < -0.4 is 5.56 Å². The standard InChI is InChI=1S/C28H25FN4O4/c29-24-11-10-19(15-25-21-8-4-5-9-22(21)26(34)31-30-25)14-23(24)27(35)32-13-12-20(17-32)33(28(36)37)16-18-6-2-1-3-7-18/h1-11,14,20H,12-13,15-17H2,(H,31,34)(H,36,37). The Labute approximate surface area is 212 Å². The maximum Gasteiger partial charge on any atom is 0.407 e. The van der Waals surface area contributed by atoms with Gasteiger partial charge in [-0.3, -0.25) is 14.5 Å². The van der Waals surface area contributed by atoms with E-state index in [1.807, 2.05) is 36.4 Å². The van der Waals surface area contributed by atoms with Crippen molar-refractivity contribution in [3.8, 4) is 0 Å². The summed E-state index contributed by atoms with van der Waals surface area (Å²) in [6.45, 7) is 0.735. The van der Waals surface area contributed by atoms with E-state index in [2.05, 4.69) is 10.2 Å². The number of halogens is 1. The van der Waals surface area contributed by atoms with Crippen molar-refractivity contribution in [1.29, 1.82) is 0 Å². The van der Waals surface area contributed by atoms with Gasteiger partial charge < -0.3 is 10.0 Å². The number of carbonyl (C=O) groups excluding carboxylic acids is 1. The molecule has 1 aliphatic rings. The van der Waals surface area contributed by atoms with Gasteiger partial charge in [0.2, 0.25) is 0 Å². The zero-order valence-electron chi connectivity index (χ0n) is 19.9. The van der Waals surface area contributed by atoms with Gasteiger partial charge in [-0.15, -0.1) is 0 Å². The number of amides is 2. The molecule has 5 rings (SSSR count). The number of likely N-dealkylation sites (tertiary alicyclic amines) is 1. The van der Waals surface area contributed by atoms with Gasteiger partial charge in [-0.25, -0.2) is 14.3 Å². The van der Waals surface area contributed by atoms with Crippen molar-refractivity contribution >= 4 is 22.8 Å². The molecular weight excluding hydrogens is 475 g/mol. The van der Waals surface area contributed by atoms with E-state index in [1.165, 1.54) is 21.9 Å². The van der Waals surface area contributed by atoms with Crippen LogP contribution >= 0.6 is 0 Å². The van der Waals surface area contributed by atoms with E-state index in [0.29, 0.717) is 41.4 Å². The third kappa shape index (κ3) is 5.06. The number of nitrogens with zero attached hydrogens (tertiary/aromatic N) is 3. The first-order chi connectivity index (χ1) is 17.9. The molecule has 1 saturated heterocycles. The lowest BCUT2D eigenvalue weighted by atomic mass is 10.0. The topological polar surface area (TPSA) is 107 Å². The van der Waals surface area contributed by atoms with Crippen LogP contribution in [0.2, 0.25) is 0 Å². The Kier molecular flexibility index (Phi) is 6.68. The van der Waals surface area contributed by atoms with E-state index in [4.69, 9.17) is 0 Å². The van der Waals surface area contributed by atoms with Crippen molar-refractivity contribution < 1.29 is 19.1 Å². The molecule has 2 heterocycles. The first kappa shape index (κ1) is 24.2. The van der Waals surface area contributed by atoms with E-state index in [0.717, 1.165) is 5.56 Å². The molecule has 9 heteroatoms. The molecule has 2 N–H and O–H groups in total. The van der Waals surface area contributed by atoms with Crippen LogP contribution in [0.4, 0.5) is 9.18 Å². The van der Waals surface area contributed by atoms with Crippen molar-refractivity contribution in [2.75, 3.05) is 13.1 Å². The molecule has 3 aromatic carbocycles. The van der Waals surface area contributed by atoms with Crippen LogP contribution in [0.15, 0.2) is 77.6 Å². The molecular formula is C28H25FN4O4. The summed E-state index contributed by atoms with van der Waals surface area (Å²) >= 11 is 0. The summed E-state index contributed by atoms with van der Waals surface area (Å²) in [5.74, 6) is -1.12. The predicted molar refractivity (Wildman–Crippen MR) is 136 cm³/mol. The van der Waals surface area contributed by atoms with Crippen molar-refractivity contribution in [3.05, 3.63) is 111 Å². The van der Waals surface area contributed by atoms with Crippen LogP contribution in [-0.4, -0.2) is 56.2 Å². The predicted octanol–water partition coefficient (Wildman–Crippen LogP) is 4.05. The average molecular weight is 501 g/mol. The van der Waals surface area contributed by atoms with Crippen molar-refractivity contribution in [1.82, 2.24) is 20.0 Å². The number of aromatic nitrogens is 2. The monoisotopic (exact) mass is 500 g/mol. The lowest BCUT2D eigenvalue weighted by Crippen LogP contribution is -2.41. The van der Waals surface area contributed by atoms with Gasteiger partial charge >= 0.3 is 6.09 Å². The number of rotatable bonds is 6. The summed E-state index contributed by atoms with van der Waals surface area (Å²) in [6.07, 6.45) is -0.291. The van der Waals surface area contributed by atoms with Crippen LogP contribution in [-0.2, 0) is 13.0 Å². The molecule has 8 nitrogen and oxygen atoms in total. The van der Waals surface area contributed by atoms with E-state index in [1.54, 1.807) is 24.3 Å². The summed E-state index contributed by atoms with van der Waals surface area (Å²) in [4.78, 5) is 40.2. The highest BCUT2D eigenvalue weighted by molar-refractivity contribution is 5.95. The Morgan fingerprint density at radius 2 is 1.76 bits per heavy atom. The third-order valence-electron chi connectivity index (χ3n) is 6.74. The van der Waals surface area contributed by atoms with Gasteiger partial charge in [-0.2, -0.15) is 5.10 Å². The van der Waals surface area contributed by atoms with Gasteiger partial charge in [0.25, 0.3) is 11.5 Å². The van der Waals surface area contributed by atoms with E-state index in [-0.39, 0.29) is 30.3 Å². The fourth-order valence-electron chi connectivity index (χ4n) is 4.83. The zero-order valence-corrected chi connectivity index (χ0v) is 19.9. The van der Waals surface area contributed by atoms with Crippen molar-refractivity contribution in [2.45, 2.75) is 25.4 Å². The Balaban J connectivity index is 1.34. The Bertz CT molecular complexity index is 1520. The van der Waals surface area contributed by atoms with Gasteiger partial charge in [0.1, 0.15) is 5.82 Å². The van der Waals surface area contributed by atoms with Gasteiger partial charge in [-0.05, 0) is 35.7 Å². The highest BCUT2D eigenvalue weighted by atomic mass is 19.1. The van der Waals surface area contributed by atoms with E-state index in [9.17, 15) is 23.9 Å². The number of benzene rings is 3. The second-order valence-electron chi connectivity index (χ2n) is 9.13. The minimum atomic E-state index is -1.06. The number of carboxylic acid groups (broad SMARTS) is 1. The molecule has 1 aliphatic heterocycles. The minimum Gasteiger partial charge on any atom is -0.465 e. The number of hydrogen-bond donors (Lipinski definition) is 2. The lowest BCUT2D eigenvalue weighted by Gasteiger charge is -2.26. The summed E-state index contributed by atoms with van der Waals surface area (Å²) in [6, 6.07) is 20.3. The number of carbonyl (C=O) groups is 2. The SMILES string of the molecule is O=C(c1cc(Cc2n[nH]c(=O)c3ccccc23)ccc1F)N1CCC(N(Cc2ccccc2)C(=O)O)C1. The van der Waals surface area contributed by atoms with Crippen molar-refractivity contribution in [2.24, 2.45) is 0 Å². The van der Waals surface area contributed by atoms with Gasteiger partial charge in [0.15, 0.2) is 0 Å². The van der Waals surface area contributed by atoms with Crippen LogP contribution in [0.5, 0.6) is 0 Å². The molecule has 0 bridgehead atoms. The third-order valence-corrected chi connectivity index (χ3v) is 6.74. The molecule has 0 saturated carbocycles. The van der Waals surface area contributed by atoms with E-state index >= 15 is 0 Å². The Morgan fingerprint density at radius 3 is 2.51 bits per heavy atom. The second kappa shape index (κ2) is 10.2. The van der Waals surface area contributed by atoms with E-state index < -0.39 is 17.8 Å². The largest absolute Gasteiger partial charge is 0.465 e. The molecule has 2 amide bonds. The zero-order chi connectivity index (χ0) is 25.9. The molecule has 1 fully saturated rings. The van der Waals surface area contributed by atoms with Gasteiger partial charge in [0, 0.05) is 31.4 Å². The maximum atomic E-state index is 14.8. The Hall–Kier alpha value is -4.53. The van der Waals surface area contributed by atoms with Crippen LogP contribution in [0.1, 0.15) is 33.6 Å². The molecule has 0 aliphatic carbocycles. The molecule has 1 atom stereocenters.